The van der Waals surface area contributed by atoms with Gasteiger partial charge in [-0.2, -0.15) is 8.42 Å². The summed E-state index contributed by atoms with van der Waals surface area (Å²) in [7, 11) is -2.24. The zero-order valence-corrected chi connectivity index (χ0v) is 15.4. The lowest BCUT2D eigenvalue weighted by molar-refractivity contribution is 0.0314. The van der Waals surface area contributed by atoms with Gasteiger partial charge in [0.25, 0.3) is 10.1 Å². The molecule has 0 aromatic heterocycles. The molecular weight excluding hydrogens is 405 g/mol. The number of hydrogen-bond donors (Lipinski definition) is 2. The van der Waals surface area contributed by atoms with Gasteiger partial charge in [0.2, 0.25) is 0 Å². The minimum absolute atomic E-state index is 0.155. The lowest BCUT2D eigenvalue weighted by Gasteiger charge is -2.35. The van der Waals surface area contributed by atoms with Crippen LogP contribution in [0.4, 0.5) is 0 Å². The first kappa shape index (κ1) is 18.8. The van der Waals surface area contributed by atoms with Crippen LogP contribution in [0.2, 0.25) is 0 Å². The van der Waals surface area contributed by atoms with Crippen molar-refractivity contribution in [2.24, 2.45) is 0 Å². The van der Waals surface area contributed by atoms with Gasteiger partial charge in [0.15, 0.2) is 0 Å². The van der Waals surface area contributed by atoms with Crippen LogP contribution >= 0.6 is 22.6 Å². The van der Waals surface area contributed by atoms with Crippen LogP contribution in [0.3, 0.4) is 0 Å². The largest absolute Gasteiger partial charge is 0.375 e. The summed E-state index contributed by atoms with van der Waals surface area (Å²) in [5.74, 6) is -0.239. The molecule has 0 radical (unpaired) electrons. The van der Waals surface area contributed by atoms with Gasteiger partial charge in [-0.15, -0.1) is 0 Å². The van der Waals surface area contributed by atoms with E-state index < -0.39 is 10.1 Å². The monoisotopic (exact) mass is 427 g/mol. The van der Waals surface area contributed by atoms with E-state index in [1.165, 1.54) is 0 Å². The number of methoxy groups -OCH3 is 1. The molecule has 0 bridgehead atoms. The van der Waals surface area contributed by atoms with Gasteiger partial charge in [0, 0.05) is 16.2 Å². The molecule has 0 spiro atoms. The Hall–Kier alpha value is -0.220. The number of benzene rings is 1. The van der Waals surface area contributed by atoms with E-state index in [-0.39, 0.29) is 17.4 Å². The number of hydrogen-bond acceptors (Lipinski definition) is 4. The van der Waals surface area contributed by atoms with E-state index in [9.17, 15) is 8.42 Å². The van der Waals surface area contributed by atoms with Crippen molar-refractivity contribution < 1.29 is 17.7 Å². The van der Waals surface area contributed by atoms with Crippen molar-refractivity contribution in [3.63, 3.8) is 0 Å². The van der Waals surface area contributed by atoms with Gasteiger partial charge in [-0.25, -0.2) is 0 Å². The highest BCUT2D eigenvalue weighted by Crippen LogP contribution is 2.29. The van der Waals surface area contributed by atoms with E-state index >= 15 is 0 Å². The summed E-state index contributed by atoms with van der Waals surface area (Å²) in [6.45, 7) is 4.50. The molecule has 0 fully saturated rings. The molecule has 5 nitrogen and oxygen atoms in total. The third-order valence-corrected chi connectivity index (χ3v) is 4.68. The predicted molar refractivity (Wildman–Crippen MR) is 92.0 cm³/mol. The van der Waals surface area contributed by atoms with Gasteiger partial charge < -0.3 is 10.1 Å². The zero-order chi connectivity index (χ0) is 16.1. The fourth-order valence-corrected chi connectivity index (χ4v) is 3.35. The van der Waals surface area contributed by atoms with E-state index in [0.717, 1.165) is 9.13 Å². The summed E-state index contributed by atoms with van der Waals surface area (Å²) in [5, 5.41) is 3.30. The molecule has 2 N–H and O–H groups in total. The highest BCUT2D eigenvalue weighted by Gasteiger charge is 2.30. The van der Waals surface area contributed by atoms with Gasteiger partial charge in [-0.3, -0.25) is 4.55 Å². The van der Waals surface area contributed by atoms with Crippen LogP contribution in [0.25, 0.3) is 0 Å². The molecule has 0 saturated carbocycles. The van der Waals surface area contributed by atoms with Crippen molar-refractivity contribution in [3.05, 3.63) is 33.4 Å². The molecule has 1 rings (SSSR count). The molecule has 0 amide bonds. The second-order valence-electron chi connectivity index (χ2n) is 5.46. The minimum atomic E-state index is -3.90. The van der Waals surface area contributed by atoms with Crippen LogP contribution in [0.5, 0.6) is 0 Å². The first-order chi connectivity index (χ1) is 9.65. The Morgan fingerprint density at radius 2 is 2.10 bits per heavy atom. The van der Waals surface area contributed by atoms with Crippen LogP contribution < -0.4 is 5.32 Å². The van der Waals surface area contributed by atoms with E-state index in [0.29, 0.717) is 13.0 Å². The van der Waals surface area contributed by atoms with Crippen molar-refractivity contribution in [3.8, 4) is 0 Å². The Balaban J connectivity index is 2.69. The maximum Gasteiger partial charge on any atom is 0.264 e. The summed E-state index contributed by atoms with van der Waals surface area (Å²) in [4.78, 5) is 0. The smallest absolute Gasteiger partial charge is 0.264 e. The predicted octanol–water partition coefficient (Wildman–Crippen LogP) is 2.62. The fraction of sp³-hybridized carbons (Fsp3) is 0.571. The quantitative estimate of drug-likeness (QED) is 0.379. The molecule has 1 atom stereocenters. The zero-order valence-electron chi connectivity index (χ0n) is 12.5. The average molecular weight is 427 g/mol. The Kier molecular flexibility index (Phi) is 7.05. The summed E-state index contributed by atoms with van der Waals surface area (Å²) in [6.07, 6.45) is 0.198. The Morgan fingerprint density at radius 1 is 1.43 bits per heavy atom. The first-order valence-electron chi connectivity index (χ1n) is 6.64. The van der Waals surface area contributed by atoms with Crippen molar-refractivity contribution in [1.29, 1.82) is 0 Å². The molecule has 7 heteroatoms. The first-order valence-corrected chi connectivity index (χ1v) is 9.33. The Morgan fingerprint density at radius 3 is 2.62 bits per heavy atom. The minimum Gasteiger partial charge on any atom is -0.375 e. The molecule has 0 heterocycles. The van der Waals surface area contributed by atoms with E-state index in [1.807, 2.05) is 32.0 Å². The molecule has 120 valence electrons. The third kappa shape index (κ3) is 6.60. The van der Waals surface area contributed by atoms with Crippen molar-refractivity contribution in [2.75, 3.05) is 19.4 Å². The molecule has 0 saturated heterocycles. The summed E-state index contributed by atoms with van der Waals surface area (Å²) < 4.78 is 36.9. The van der Waals surface area contributed by atoms with Gasteiger partial charge >= 0.3 is 0 Å². The van der Waals surface area contributed by atoms with Gasteiger partial charge in [-0.1, -0.05) is 12.1 Å². The third-order valence-electron chi connectivity index (χ3n) is 3.20. The molecule has 1 aromatic carbocycles. The number of nitrogens with one attached hydrogen (secondary N) is 1. The summed E-state index contributed by atoms with van der Waals surface area (Å²) >= 11 is 2.26. The molecule has 21 heavy (non-hydrogen) atoms. The second kappa shape index (κ2) is 7.87. The molecule has 0 aliphatic heterocycles. The molecule has 1 unspecified atom stereocenters. The lowest BCUT2D eigenvalue weighted by atomic mass is 9.91. The second-order valence-corrected chi connectivity index (χ2v) is 8.28. The summed E-state index contributed by atoms with van der Waals surface area (Å²) in [5.41, 5.74) is 0.704. The van der Waals surface area contributed by atoms with Crippen molar-refractivity contribution >= 4 is 32.7 Å². The molecule has 0 aliphatic rings. The lowest BCUT2D eigenvalue weighted by Crippen LogP contribution is -2.46. The Bertz CT molecular complexity index is 560. The van der Waals surface area contributed by atoms with Gasteiger partial charge in [0.05, 0.1) is 11.9 Å². The van der Waals surface area contributed by atoms with Crippen LogP contribution in [0, 0.1) is 3.57 Å². The van der Waals surface area contributed by atoms with Crippen LogP contribution in [0.15, 0.2) is 24.3 Å². The van der Waals surface area contributed by atoms with Crippen molar-refractivity contribution in [1.82, 2.24) is 5.32 Å². The van der Waals surface area contributed by atoms with Crippen LogP contribution in [-0.2, 0) is 14.9 Å². The van der Waals surface area contributed by atoms with Crippen molar-refractivity contribution in [2.45, 2.75) is 31.9 Å². The normalized spacial score (nSPS) is 14.1. The van der Waals surface area contributed by atoms with Crippen LogP contribution in [0.1, 0.15) is 31.9 Å². The topological polar surface area (TPSA) is 75.6 Å². The molecule has 1 aromatic rings. The maximum atomic E-state index is 10.7. The van der Waals surface area contributed by atoms with Crippen LogP contribution in [-0.4, -0.2) is 37.9 Å². The molecular formula is C14H22INO4S. The van der Waals surface area contributed by atoms with E-state index in [1.54, 1.807) is 7.11 Å². The maximum absolute atomic E-state index is 10.7. The standard InChI is InChI=1S/C14H22INO4S/c1-14(2,16-8-5-9-21(17,18)19)13(20-3)11-6-4-7-12(15)10-11/h4,6-7,10,13,16H,5,8-9H2,1-3H3,(H,17,18,19). The SMILES string of the molecule is COC(c1cccc(I)c1)C(C)(C)NCCCS(=O)(=O)O. The number of halogens is 1. The van der Waals surface area contributed by atoms with E-state index in [2.05, 4.69) is 34.0 Å². The Labute approximate surface area is 140 Å². The number of ether oxygens (including phenoxy) is 1. The van der Waals surface area contributed by atoms with Gasteiger partial charge in [-0.05, 0) is 67.1 Å². The highest BCUT2D eigenvalue weighted by atomic mass is 127. The average Bonchev–Trinajstić information content (AvgIpc) is 2.34. The fourth-order valence-electron chi connectivity index (χ4n) is 2.27. The number of rotatable bonds is 8. The highest BCUT2D eigenvalue weighted by molar-refractivity contribution is 14.1. The molecule has 0 aliphatic carbocycles. The van der Waals surface area contributed by atoms with E-state index in [4.69, 9.17) is 9.29 Å². The van der Waals surface area contributed by atoms with Gasteiger partial charge in [0.1, 0.15) is 0 Å². The summed E-state index contributed by atoms with van der Waals surface area (Å²) in [6, 6.07) is 8.08.